The van der Waals surface area contributed by atoms with Crippen molar-refractivity contribution in [2.24, 2.45) is 0 Å². The van der Waals surface area contributed by atoms with Crippen LogP contribution in [0.4, 0.5) is 0 Å². The standard InChI is InChI=1S/C14H12ClN3O/c1-19-12-3-2-8-18-13(16-17-14(12)18)9-10-4-6-11(15)7-5-10/h2-8H,9H2,1H3. The van der Waals surface area contributed by atoms with E-state index in [0.717, 1.165) is 27.8 Å². The fourth-order valence-electron chi connectivity index (χ4n) is 2.00. The van der Waals surface area contributed by atoms with Crippen LogP contribution in [0.5, 0.6) is 5.75 Å². The number of nitrogens with zero attached hydrogens (tertiary/aromatic N) is 3. The number of halogens is 1. The summed E-state index contributed by atoms with van der Waals surface area (Å²) in [6.45, 7) is 0. The van der Waals surface area contributed by atoms with E-state index in [1.165, 1.54) is 0 Å². The predicted molar refractivity (Wildman–Crippen MR) is 73.8 cm³/mol. The highest BCUT2D eigenvalue weighted by Gasteiger charge is 2.09. The summed E-state index contributed by atoms with van der Waals surface area (Å²) in [4.78, 5) is 0. The van der Waals surface area contributed by atoms with Crippen LogP contribution in [0.1, 0.15) is 11.4 Å². The molecule has 0 spiro atoms. The molecule has 0 unspecified atom stereocenters. The topological polar surface area (TPSA) is 39.4 Å². The molecule has 1 aromatic carbocycles. The van der Waals surface area contributed by atoms with E-state index >= 15 is 0 Å². The Morgan fingerprint density at radius 3 is 2.68 bits per heavy atom. The van der Waals surface area contributed by atoms with Gasteiger partial charge in [0.2, 0.25) is 5.65 Å². The zero-order chi connectivity index (χ0) is 13.2. The molecule has 0 saturated carbocycles. The molecule has 0 fully saturated rings. The highest BCUT2D eigenvalue weighted by atomic mass is 35.5. The minimum atomic E-state index is 0.700. The molecule has 3 aromatic rings. The molecule has 3 rings (SSSR count). The smallest absolute Gasteiger partial charge is 0.203 e. The van der Waals surface area contributed by atoms with E-state index < -0.39 is 0 Å². The van der Waals surface area contributed by atoms with Gasteiger partial charge in [-0.15, -0.1) is 10.2 Å². The van der Waals surface area contributed by atoms with Gasteiger partial charge in [-0.05, 0) is 29.8 Å². The van der Waals surface area contributed by atoms with Crippen molar-refractivity contribution in [2.75, 3.05) is 7.11 Å². The number of hydrogen-bond donors (Lipinski definition) is 0. The second-order valence-corrected chi connectivity index (χ2v) is 4.63. The van der Waals surface area contributed by atoms with Gasteiger partial charge < -0.3 is 4.74 Å². The molecule has 0 atom stereocenters. The first-order valence-corrected chi connectivity index (χ1v) is 6.27. The first-order valence-electron chi connectivity index (χ1n) is 5.89. The van der Waals surface area contributed by atoms with Crippen molar-refractivity contribution in [1.29, 1.82) is 0 Å². The first-order chi connectivity index (χ1) is 9.28. The Bertz CT molecular complexity index is 706. The summed E-state index contributed by atoms with van der Waals surface area (Å²) < 4.78 is 7.20. The Balaban J connectivity index is 1.99. The zero-order valence-electron chi connectivity index (χ0n) is 10.4. The van der Waals surface area contributed by atoms with Gasteiger partial charge in [0.05, 0.1) is 7.11 Å². The summed E-state index contributed by atoms with van der Waals surface area (Å²) in [5.41, 5.74) is 1.87. The van der Waals surface area contributed by atoms with Crippen molar-refractivity contribution in [3.8, 4) is 5.75 Å². The van der Waals surface area contributed by atoms with Crippen LogP contribution < -0.4 is 4.74 Å². The van der Waals surface area contributed by atoms with Crippen LogP contribution >= 0.6 is 11.6 Å². The number of benzene rings is 1. The van der Waals surface area contributed by atoms with Gasteiger partial charge in [0.15, 0.2) is 5.75 Å². The normalized spacial score (nSPS) is 10.8. The first kappa shape index (κ1) is 12.0. The third kappa shape index (κ3) is 2.27. The van der Waals surface area contributed by atoms with Crippen LogP contribution in [0.3, 0.4) is 0 Å². The average Bonchev–Trinajstić information content (AvgIpc) is 2.84. The molecule has 0 bridgehead atoms. The van der Waals surface area contributed by atoms with E-state index in [1.807, 2.05) is 47.0 Å². The molecule has 0 radical (unpaired) electrons. The SMILES string of the molecule is COc1cccn2c(Cc3ccc(Cl)cc3)nnc12. The number of ether oxygens (including phenoxy) is 1. The van der Waals surface area contributed by atoms with Crippen LogP contribution in [0, 0.1) is 0 Å². The summed E-state index contributed by atoms with van der Waals surface area (Å²) in [5, 5.41) is 9.12. The van der Waals surface area contributed by atoms with Crippen LogP contribution in [0.25, 0.3) is 5.65 Å². The fraction of sp³-hybridized carbons (Fsp3) is 0.143. The highest BCUT2D eigenvalue weighted by molar-refractivity contribution is 6.30. The summed E-state index contributed by atoms with van der Waals surface area (Å²) in [6, 6.07) is 11.5. The van der Waals surface area contributed by atoms with E-state index in [4.69, 9.17) is 16.3 Å². The summed E-state index contributed by atoms with van der Waals surface area (Å²) in [5.74, 6) is 1.59. The van der Waals surface area contributed by atoms with Gasteiger partial charge in [-0.1, -0.05) is 23.7 Å². The van der Waals surface area contributed by atoms with Gasteiger partial charge in [0.1, 0.15) is 5.82 Å². The molecule has 5 heteroatoms. The molecule has 2 heterocycles. The molecule has 2 aromatic heterocycles. The Hall–Kier alpha value is -2.07. The third-order valence-corrected chi connectivity index (χ3v) is 3.22. The molecular formula is C14H12ClN3O. The van der Waals surface area contributed by atoms with Crippen LogP contribution in [-0.2, 0) is 6.42 Å². The van der Waals surface area contributed by atoms with Gasteiger partial charge >= 0.3 is 0 Å². The maximum Gasteiger partial charge on any atom is 0.203 e. The van der Waals surface area contributed by atoms with Crippen molar-refractivity contribution < 1.29 is 4.74 Å². The molecular weight excluding hydrogens is 262 g/mol. The number of methoxy groups -OCH3 is 1. The second-order valence-electron chi connectivity index (χ2n) is 4.19. The number of aromatic nitrogens is 3. The Labute approximate surface area is 115 Å². The third-order valence-electron chi connectivity index (χ3n) is 2.96. The van der Waals surface area contributed by atoms with Crippen LogP contribution in [-0.4, -0.2) is 21.7 Å². The monoisotopic (exact) mass is 273 g/mol. The minimum absolute atomic E-state index is 0.700. The molecule has 19 heavy (non-hydrogen) atoms. The van der Waals surface area contributed by atoms with Gasteiger partial charge in [0.25, 0.3) is 0 Å². The average molecular weight is 274 g/mol. The van der Waals surface area contributed by atoms with Gasteiger partial charge in [-0.3, -0.25) is 4.40 Å². The number of fused-ring (bicyclic) bond motifs is 1. The van der Waals surface area contributed by atoms with Gasteiger partial charge in [0, 0.05) is 17.6 Å². The van der Waals surface area contributed by atoms with Gasteiger partial charge in [-0.2, -0.15) is 0 Å². The van der Waals surface area contributed by atoms with Crippen LogP contribution in [0.2, 0.25) is 5.02 Å². The zero-order valence-corrected chi connectivity index (χ0v) is 11.1. The van der Waals surface area contributed by atoms with Crippen molar-refractivity contribution in [3.63, 3.8) is 0 Å². The quantitative estimate of drug-likeness (QED) is 0.736. The minimum Gasteiger partial charge on any atom is -0.493 e. The lowest BCUT2D eigenvalue weighted by Gasteiger charge is -2.03. The molecule has 0 N–H and O–H groups in total. The van der Waals surface area contributed by atoms with E-state index in [-0.39, 0.29) is 0 Å². The van der Waals surface area contributed by atoms with E-state index in [1.54, 1.807) is 7.11 Å². The maximum atomic E-state index is 5.88. The van der Waals surface area contributed by atoms with Crippen LogP contribution in [0.15, 0.2) is 42.6 Å². The number of pyridine rings is 1. The van der Waals surface area contributed by atoms with Crippen molar-refractivity contribution in [3.05, 3.63) is 59.0 Å². The molecule has 96 valence electrons. The summed E-state index contributed by atoms with van der Waals surface area (Å²) in [7, 11) is 1.63. The molecule has 0 saturated heterocycles. The summed E-state index contributed by atoms with van der Waals surface area (Å²) >= 11 is 5.88. The molecule has 0 aliphatic rings. The van der Waals surface area contributed by atoms with E-state index in [2.05, 4.69) is 10.2 Å². The lowest BCUT2D eigenvalue weighted by Crippen LogP contribution is -1.97. The Morgan fingerprint density at radius 1 is 1.16 bits per heavy atom. The molecule has 0 aliphatic carbocycles. The van der Waals surface area contributed by atoms with Crippen molar-refractivity contribution in [2.45, 2.75) is 6.42 Å². The number of rotatable bonds is 3. The molecule has 0 amide bonds. The van der Waals surface area contributed by atoms with Crippen molar-refractivity contribution in [1.82, 2.24) is 14.6 Å². The van der Waals surface area contributed by atoms with Gasteiger partial charge in [-0.25, -0.2) is 0 Å². The Morgan fingerprint density at radius 2 is 1.95 bits per heavy atom. The fourth-order valence-corrected chi connectivity index (χ4v) is 2.13. The number of hydrogen-bond acceptors (Lipinski definition) is 3. The second kappa shape index (κ2) is 4.90. The predicted octanol–water partition coefficient (Wildman–Crippen LogP) is 2.98. The maximum absolute atomic E-state index is 5.88. The summed E-state index contributed by atoms with van der Waals surface area (Å²) in [6.07, 6.45) is 2.63. The Kier molecular flexibility index (Phi) is 3.09. The molecule has 0 aliphatic heterocycles. The van der Waals surface area contributed by atoms with E-state index in [0.29, 0.717) is 6.42 Å². The lowest BCUT2D eigenvalue weighted by atomic mass is 10.1. The van der Waals surface area contributed by atoms with E-state index in [9.17, 15) is 0 Å². The van der Waals surface area contributed by atoms with Crippen molar-refractivity contribution >= 4 is 17.2 Å². The lowest BCUT2D eigenvalue weighted by molar-refractivity contribution is 0.416. The largest absolute Gasteiger partial charge is 0.493 e. The molecule has 4 nitrogen and oxygen atoms in total. The highest BCUT2D eigenvalue weighted by Crippen LogP contribution is 2.19.